The molecule has 4 aromatic rings. The van der Waals surface area contributed by atoms with Crippen LogP contribution in [0, 0.1) is 13.8 Å². The first-order valence-electron chi connectivity index (χ1n) is 12.0. The van der Waals surface area contributed by atoms with Gasteiger partial charge in [0.05, 0.1) is 36.4 Å². The summed E-state index contributed by atoms with van der Waals surface area (Å²) in [6.07, 6.45) is 0. The summed E-state index contributed by atoms with van der Waals surface area (Å²) in [6, 6.07) is 16.8. The molecule has 3 aromatic carbocycles. The first-order valence-corrected chi connectivity index (χ1v) is 12.0. The van der Waals surface area contributed by atoms with E-state index in [1.54, 1.807) is 55.6 Å². The van der Waals surface area contributed by atoms with Crippen LogP contribution in [-0.4, -0.2) is 40.5 Å². The maximum Gasteiger partial charge on any atom is 0.302 e. The molecule has 1 aromatic heterocycles. The van der Waals surface area contributed by atoms with E-state index in [1.807, 2.05) is 32.9 Å². The van der Waals surface area contributed by atoms with Gasteiger partial charge in [0.1, 0.15) is 17.3 Å². The van der Waals surface area contributed by atoms with Gasteiger partial charge in [-0.25, -0.2) is 4.98 Å². The van der Waals surface area contributed by atoms with Crippen LogP contribution in [0.5, 0.6) is 11.5 Å². The Morgan fingerprint density at radius 1 is 1.03 bits per heavy atom. The lowest BCUT2D eigenvalue weighted by Crippen LogP contribution is -2.30. The van der Waals surface area contributed by atoms with Crippen molar-refractivity contribution in [3.63, 3.8) is 0 Å². The number of aliphatic hydroxyl groups is 1. The highest BCUT2D eigenvalue weighted by Gasteiger charge is 2.48. The van der Waals surface area contributed by atoms with E-state index >= 15 is 0 Å². The van der Waals surface area contributed by atoms with Gasteiger partial charge in [0.15, 0.2) is 0 Å². The third kappa shape index (κ3) is 4.20. The SMILES string of the molecule is CCOc1cccc(/C(O)=C2\C(=O)C(=O)N(c3nc4cc(C)c(C)cc4[nH]3)C2c2ccc(OC)cc2)c1. The van der Waals surface area contributed by atoms with Crippen molar-refractivity contribution >= 4 is 34.4 Å². The first-order chi connectivity index (χ1) is 17.8. The van der Waals surface area contributed by atoms with Gasteiger partial charge in [0, 0.05) is 5.56 Å². The van der Waals surface area contributed by atoms with Crippen molar-refractivity contribution in [2.75, 3.05) is 18.6 Å². The monoisotopic (exact) mass is 497 g/mol. The second kappa shape index (κ2) is 9.46. The molecule has 2 N–H and O–H groups in total. The van der Waals surface area contributed by atoms with E-state index in [9.17, 15) is 14.7 Å². The molecular formula is C29H27N3O5. The van der Waals surface area contributed by atoms with Crippen molar-refractivity contribution in [3.8, 4) is 11.5 Å². The van der Waals surface area contributed by atoms with Crippen molar-refractivity contribution in [1.29, 1.82) is 0 Å². The number of rotatable bonds is 6. The van der Waals surface area contributed by atoms with Gasteiger partial charge in [-0.1, -0.05) is 24.3 Å². The maximum absolute atomic E-state index is 13.5. The van der Waals surface area contributed by atoms with Crippen LogP contribution in [0.4, 0.5) is 5.95 Å². The zero-order valence-corrected chi connectivity index (χ0v) is 21.0. The zero-order valence-electron chi connectivity index (χ0n) is 21.0. The number of H-pyrrole nitrogens is 1. The molecule has 0 bridgehead atoms. The highest BCUT2D eigenvalue weighted by molar-refractivity contribution is 6.51. The Bertz CT molecular complexity index is 1510. The molecule has 37 heavy (non-hydrogen) atoms. The molecule has 1 amide bonds. The Hall–Kier alpha value is -4.59. The normalized spacial score (nSPS) is 17.0. The molecule has 1 saturated heterocycles. The number of amides is 1. The Balaban J connectivity index is 1.71. The topological polar surface area (TPSA) is 105 Å². The minimum atomic E-state index is -0.913. The summed E-state index contributed by atoms with van der Waals surface area (Å²) in [5.41, 5.74) is 4.53. The number of aliphatic hydroxyl groups excluding tert-OH is 1. The number of hydrogen-bond donors (Lipinski definition) is 2. The van der Waals surface area contributed by atoms with Gasteiger partial charge in [-0.05, 0) is 73.9 Å². The molecular weight excluding hydrogens is 470 g/mol. The third-order valence-electron chi connectivity index (χ3n) is 6.61. The summed E-state index contributed by atoms with van der Waals surface area (Å²) in [7, 11) is 1.56. The van der Waals surface area contributed by atoms with Crippen LogP contribution in [0.15, 0.2) is 66.2 Å². The number of carbonyl (C=O) groups excluding carboxylic acids is 2. The summed E-state index contributed by atoms with van der Waals surface area (Å²) in [5.74, 6) is -0.468. The fourth-order valence-corrected chi connectivity index (χ4v) is 4.58. The van der Waals surface area contributed by atoms with Gasteiger partial charge >= 0.3 is 5.91 Å². The molecule has 0 saturated carbocycles. The number of imidazole rings is 1. The van der Waals surface area contributed by atoms with Crippen LogP contribution < -0.4 is 14.4 Å². The summed E-state index contributed by atoms with van der Waals surface area (Å²) < 4.78 is 10.8. The molecule has 8 nitrogen and oxygen atoms in total. The number of aromatic amines is 1. The van der Waals surface area contributed by atoms with Gasteiger partial charge in [-0.15, -0.1) is 0 Å². The van der Waals surface area contributed by atoms with Crippen molar-refractivity contribution in [2.45, 2.75) is 26.8 Å². The zero-order chi connectivity index (χ0) is 26.3. The average molecular weight is 498 g/mol. The number of aryl methyl sites for hydroxylation is 2. The third-order valence-corrected chi connectivity index (χ3v) is 6.61. The minimum absolute atomic E-state index is 0.0309. The molecule has 8 heteroatoms. The van der Waals surface area contributed by atoms with Gasteiger partial charge in [-0.2, -0.15) is 0 Å². The van der Waals surface area contributed by atoms with E-state index in [0.717, 1.165) is 16.6 Å². The van der Waals surface area contributed by atoms with Crippen LogP contribution in [0.1, 0.15) is 35.2 Å². The number of nitrogens with one attached hydrogen (secondary N) is 1. The molecule has 0 radical (unpaired) electrons. The number of hydrogen-bond acceptors (Lipinski definition) is 6. The van der Waals surface area contributed by atoms with Gasteiger partial charge in [-0.3, -0.25) is 14.5 Å². The first kappa shape index (κ1) is 24.1. The summed E-state index contributed by atoms with van der Waals surface area (Å²) in [5, 5.41) is 11.4. The highest BCUT2D eigenvalue weighted by atomic mass is 16.5. The van der Waals surface area contributed by atoms with E-state index in [-0.39, 0.29) is 17.3 Å². The quantitative estimate of drug-likeness (QED) is 0.215. The lowest BCUT2D eigenvalue weighted by atomic mass is 9.95. The number of anilines is 1. The average Bonchev–Trinajstić information content (AvgIpc) is 3.41. The molecule has 0 spiro atoms. The number of methoxy groups -OCH3 is 1. The standard InChI is InChI=1S/C29H27N3O5/c1-5-37-21-8-6-7-19(15-21)26(33)24-25(18-9-11-20(36-4)12-10-18)32(28(35)27(24)34)29-30-22-13-16(2)17(3)14-23(22)31-29/h6-15,25,33H,5H2,1-4H3,(H,30,31)/b26-24+. The molecule has 188 valence electrons. The summed E-state index contributed by atoms with van der Waals surface area (Å²) in [4.78, 5) is 36.1. The number of aromatic nitrogens is 2. The molecule has 0 aliphatic carbocycles. The number of nitrogens with zero attached hydrogens (tertiary/aromatic N) is 2. The van der Waals surface area contributed by atoms with Crippen molar-refractivity contribution < 1.29 is 24.2 Å². The number of fused-ring (bicyclic) bond motifs is 1. The number of benzene rings is 3. The van der Waals surface area contributed by atoms with Crippen LogP contribution in [0.25, 0.3) is 16.8 Å². The van der Waals surface area contributed by atoms with Gasteiger partial charge in [0.25, 0.3) is 5.78 Å². The van der Waals surface area contributed by atoms with E-state index < -0.39 is 17.7 Å². The lowest BCUT2D eigenvalue weighted by molar-refractivity contribution is -0.132. The Morgan fingerprint density at radius 2 is 1.76 bits per heavy atom. The molecule has 1 aliphatic heterocycles. The molecule has 1 atom stereocenters. The van der Waals surface area contributed by atoms with Crippen molar-refractivity contribution in [3.05, 3.63) is 88.5 Å². The summed E-state index contributed by atoms with van der Waals surface area (Å²) >= 11 is 0. The largest absolute Gasteiger partial charge is 0.507 e. The predicted octanol–water partition coefficient (Wildman–Crippen LogP) is 5.21. The van der Waals surface area contributed by atoms with E-state index in [1.165, 1.54) is 4.90 Å². The minimum Gasteiger partial charge on any atom is -0.507 e. The van der Waals surface area contributed by atoms with Gasteiger partial charge < -0.3 is 19.6 Å². The number of ketones is 1. The molecule has 2 heterocycles. The highest BCUT2D eigenvalue weighted by Crippen LogP contribution is 2.42. The Kier molecular flexibility index (Phi) is 6.17. The Labute approximate surface area is 214 Å². The van der Waals surface area contributed by atoms with Crippen molar-refractivity contribution in [2.24, 2.45) is 0 Å². The number of Topliss-reactive ketones (excluding diaryl/α,β-unsaturated/α-hetero) is 1. The molecule has 1 aliphatic rings. The molecule has 1 unspecified atom stereocenters. The smallest absolute Gasteiger partial charge is 0.302 e. The van der Waals surface area contributed by atoms with Crippen LogP contribution in [-0.2, 0) is 9.59 Å². The van der Waals surface area contributed by atoms with Crippen molar-refractivity contribution in [1.82, 2.24) is 9.97 Å². The van der Waals surface area contributed by atoms with Crippen LogP contribution >= 0.6 is 0 Å². The van der Waals surface area contributed by atoms with Gasteiger partial charge in [0.2, 0.25) is 5.95 Å². The molecule has 5 rings (SSSR count). The number of carbonyl (C=O) groups is 2. The van der Waals surface area contributed by atoms with E-state index in [0.29, 0.717) is 34.7 Å². The fraction of sp³-hybridized carbons (Fsp3) is 0.207. The predicted molar refractivity (Wildman–Crippen MR) is 141 cm³/mol. The summed E-state index contributed by atoms with van der Waals surface area (Å²) in [6.45, 7) is 6.29. The number of ether oxygens (including phenoxy) is 2. The second-order valence-electron chi connectivity index (χ2n) is 8.92. The van der Waals surface area contributed by atoms with E-state index in [2.05, 4.69) is 9.97 Å². The lowest BCUT2D eigenvalue weighted by Gasteiger charge is -2.23. The fourth-order valence-electron chi connectivity index (χ4n) is 4.58. The molecule has 1 fully saturated rings. The van der Waals surface area contributed by atoms with Crippen LogP contribution in [0.2, 0.25) is 0 Å². The maximum atomic E-state index is 13.5. The second-order valence-corrected chi connectivity index (χ2v) is 8.92. The van der Waals surface area contributed by atoms with Crippen LogP contribution in [0.3, 0.4) is 0 Å². The Morgan fingerprint density at radius 3 is 2.46 bits per heavy atom. The van der Waals surface area contributed by atoms with E-state index in [4.69, 9.17) is 9.47 Å².